The van der Waals surface area contributed by atoms with Crippen molar-refractivity contribution in [3.05, 3.63) is 11.8 Å². The van der Waals surface area contributed by atoms with Gasteiger partial charge in [-0.05, 0) is 56.3 Å². The van der Waals surface area contributed by atoms with Crippen LogP contribution in [0.5, 0.6) is 0 Å². The molecule has 3 N–H and O–H groups in total. The van der Waals surface area contributed by atoms with Crippen LogP contribution in [0.25, 0.3) is 0 Å². The average molecular weight is 275 g/mol. The molecule has 1 amide bonds. The van der Waals surface area contributed by atoms with E-state index in [0.717, 1.165) is 17.8 Å². The zero-order chi connectivity index (χ0) is 13.7. The molecule has 4 aliphatic carbocycles. The van der Waals surface area contributed by atoms with E-state index >= 15 is 0 Å². The fourth-order valence-corrected chi connectivity index (χ4v) is 5.18. The molecule has 0 atom stereocenters. The Balaban J connectivity index is 1.44. The summed E-state index contributed by atoms with van der Waals surface area (Å²) in [7, 11) is 0. The Morgan fingerprint density at radius 3 is 2.40 bits per heavy atom. The highest BCUT2D eigenvalue weighted by Crippen LogP contribution is 2.55. The fourth-order valence-electron chi connectivity index (χ4n) is 5.18. The van der Waals surface area contributed by atoms with Gasteiger partial charge < -0.3 is 15.6 Å². The first-order valence-corrected chi connectivity index (χ1v) is 7.62. The molecule has 1 aromatic heterocycles. The molecule has 1 aromatic rings. The lowest BCUT2D eigenvalue weighted by atomic mass is 9.53. The first-order chi connectivity index (χ1) is 9.60. The highest BCUT2D eigenvalue weighted by molar-refractivity contribution is 5.79. The number of nitrogens with one attached hydrogen (secondary N) is 1. The first-order valence-electron chi connectivity index (χ1n) is 7.62. The van der Waals surface area contributed by atoms with Crippen LogP contribution in [-0.4, -0.2) is 16.6 Å². The molecule has 5 rings (SSSR count). The summed E-state index contributed by atoms with van der Waals surface area (Å²) >= 11 is 0. The molecule has 20 heavy (non-hydrogen) atoms. The number of nitrogens with two attached hydrogens (primary N) is 1. The second-order valence-electron chi connectivity index (χ2n) is 7.14. The van der Waals surface area contributed by atoms with Crippen molar-refractivity contribution in [2.75, 3.05) is 5.73 Å². The van der Waals surface area contributed by atoms with Crippen LogP contribution in [0.3, 0.4) is 0 Å². The quantitative estimate of drug-likeness (QED) is 0.882. The van der Waals surface area contributed by atoms with E-state index in [1.165, 1.54) is 38.5 Å². The Hall–Kier alpha value is -1.52. The molecule has 4 saturated carbocycles. The van der Waals surface area contributed by atoms with Gasteiger partial charge in [0.2, 0.25) is 11.8 Å². The van der Waals surface area contributed by atoms with Crippen molar-refractivity contribution in [1.29, 1.82) is 0 Å². The third-order valence-electron chi connectivity index (χ3n) is 5.36. The van der Waals surface area contributed by atoms with E-state index in [9.17, 15) is 4.79 Å². The van der Waals surface area contributed by atoms with E-state index < -0.39 is 0 Å². The lowest BCUT2D eigenvalue weighted by molar-refractivity contribution is -0.126. The molecule has 1 heterocycles. The van der Waals surface area contributed by atoms with Gasteiger partial charge in [-0.3, -0.25) is 4.79 Å². The summed E-state index contributed by atoms with van der Waals surface area (Å²) in [6, 6.07) is 1.62. The number of rotatable bonds is 3. The highest BCUT2D eigenvalue weighted by atomic mass is 16.5. The molecule has 0 aliphatic heterocycles. The maximum Gasteiger partial charge on any atom is 0.226 e. The fraction of sp³-hybridized carbons (Fsp3) is 0.733. The van der Waals surface area contributed by atoms with E-state index in [4.69, 9.17) is 10.3 Å². The number of hydrogen-bond donors (Lipinski definition) is 2. The van der Waals surface area contributed by atoms with E-state index in [1.54, 1.807) is 6.07 Å². The topological polar surface area (TPSA) is 81.2 Å². The lowest BCUT2D eigenvalue weighted by Crippen LogP contribution is -2.60. The number of aromatic nitrogens is 1. The molecule has 0 spiro atoms. The second-order valence-corrected chi connectivity index (χ2v) is 7.14. The lowest BCUT2D eigenvalue weighted by Gasteiger charge is -2.56. The number of carbonyl (C=O) groups excluding carboxylic acids is 1. The second kappa shape index (κ2) is 4.24. The van der Waals surface area contributed by atoms with Crippen molar-refractivity contribution in [3.8, 4) is 0 Å². The SMILES string of the molecule is Nc1cc(CC(=O)NC23CC4CC(CC(C4)C2)C3)no1. The summed E-state index contributed by atoms with van der Waals surface area (Å²) in [5.41, 5.74) is 6.17. The smallest absolute Gasteiger partial charge is 0.226 e. The minimum Gasteiger partial charge on any atom is -0.368 e. The van der Waals surface area contributed by atoms with Crippen LogP contribution in [0, 0.1) is 17.8 Å². The van der Waals surface area contributed by atoms with Gasteiger partial charge in [0.1, 0.15) is 0 Å². The van der Waals surface area contributed by atoms with E-state index in [-0.39, 0.29) is 23.8 Å². The molecule has 5 nitrogen and oxygen atoms in total. The molecule has 0 aromatic carbocycles. The maximum atomic E-state index is 12.3. The average Bonchev–Trinajstić information content (AvgIpc) is 2.71. The van der Waals surface area contributed by atoms with Crippen molar-refractivity contribution in [2.45, 2.75) is 50.5 Å². The number of nitrogens with zero attached hydrogens (tertiary/aromatic N) is 1. The normalized spacial score (nSPS) is 38.1. The third kappa shape index (κ3) is 2.09. The number of carbonyl (C=O) groups is 1. The largest absolute Gasteiger partial charge is 0.368 e. The Morgan fingerprint density at radius 2 is 1.90 bits per heavy atom. The van der Waals surface area contributed by atoms with Crippen LogP contribution in [0.15, 0.2) is 10.6 Å². The Labute approximate surface area is 118 Å². The third-order valence-corrected chi connectivity index (χ3v) is 5.36. The van der Waals surface area contributed by atoms with Crippen molar-refractivity contribution in [3.63, 3.8) is 0 Å². The number of anilines is 1. The van der Waals surface area contributed by atoms with Crippen LogP contribution in [0.4, 0.5) is 5.88 Å². The predicted octanol–water partition coefficient (Wildman–Crippen LogP) is 1.88. The van der Waals surface area contributed by atoms with Gasteiger partial charge in [-0.15, -0.1) is 0 Å². The molecule has 5 heteroatoms. The molecule has 4 aliphatic rings. The van der Waals surface area contributed by atoms with Crippen LogP contribution < -0.4 is 11.1 Å². The van der Waals surface area contributed by atoms with Gasteiger partial charge in [0.05, 0.1) is 12.1 Å². The van der Waals surface area contributed by atoms with Crippen LogP contribution in [0.2, 0.25) is 0 Å². The molecule has 0 unspecified atom stereocenters. The minimum absolute atomic E-state index is 0.0558. The van der Waals surface area contributed by atoms with Crippen LogP contribution >= 0.6 is 0 Å². The number of amides is 1. The van der Waals surface area contributed by atoms with E-state index in [0.29, 0.717) is 5.69 Å². The molecule has 108 valence electrons. The van der Waals surface area contributed by atoms with Crippen molar-refractivity contribution >= 4 is 11.8 Å². The number of nitrogen functional groups attached to an aromatic ring is 1. The minimum atomic E-state index is 0.0558. The molecular weight excluding hydrogens is 254 g/mol. The zero-order valence-electron chi connectivity index (χ0n) is 11.6. The Bertz CT molecular complexity index is 502. The Morgan fingerprint density at radius 1 is 1.30 bits per heavy atom. The summed E-state index contributed by atoms with van der Waals surface area (Å²) in [5.74, 6) is 2.83. The maximum absolute atomic E-state index is 12.3. The summed E-state index contributed by atoms with van der Waals surface area (Å²) in [6.45, 7) is 0. The van der Waals surface area contributed by atoms with Crippen molar-refractivity contribution < 1.29 is 9.32 Å². The van der Waals surface area contributed by atoms with E-state index in [1.807, 2.05) is 0 Å². The Kier molecular flexibility index (Phi) is 2.59. The van der Waals surface area contributed by atoms with Gasteiger partial charge in [-0.1, -0.05) is 5.16 Å². The molecule has 0 saturated heterocycles. The summed E-state index contributed by atoms with van der Waals surface area (Å²) < 4.78 is 4.81. The summed E-state index contributed by atoms with van der Waals surface area (Å²) in [6.07, 6.45) is 7.93. The monoisotopic (exact) mass is 275 g/mol. The van der Waals surface area contributed by atoms with Gasteiger partial charge in [0, 0.05) is 11.6 Å². The summed E-state index contributed by atoms with van der Waals surface area (Å²) in [5, 5.41) is 7.11. The van der Waals surface area contributed by atoms with Gasteiger partial charge >= 0.3 is 0 Å². The molecule has 4 fully saturated rings. The zero-order valence-corrected chi connectivity index (χ0v) is 11.6. The van der Waals surface area contributed by atoms with Crippen LogP contribution in [-0.2, 0) is 11.2 Å². The van der Waals surface area contributed by atoms with Crippen molar-refractivity contribution in [2.24, 2.45) is 17.8 Å². The molecule has 4 bridgehead atoms. The standard InChI is InChI=1S/C15H21N3O2/c16-13-4-12(18-20-13)5-14(19)17-15-6-9-1-10(7-15)3-11(2-9)8-15/h4,9-11H,1-3,5-8,16H2,(H,17,19). The highest BCUT2D eigenvalue weighted by Gasteiger charge is 2.51. The van der Waals surface area contributed by atoms with E-state index in [2.05, 4.69) is 10.5 Å². The summed E-state index contributed by atoms with van der Waals surface area (Å²) in [4.78, 5) is 12.3. The van der Waals surface area contributed by atoms with Gasteiger partial charge in [-0.25, -0.2) is 0 Å². The van der Waals surface area contributed by atoms with Gasteiger partial charge in [0.15, 0.2) is 0 Å². The van der Waals surface area contributed by atoms with Gasteiger partial charge in [0.25, 0.3) is 0 Å². The number of hydrogen-bond acceptors (Lipinski definition) is 4. The first kappa shape index (κ1) is 12.2. The molecule has 0 radical (unpaired) electrons. The molecular formula is C15H21N3O2. The van der Waals surface area contributed by atoms with Crippen molar-refractivity contribution in [1.82, 2.24) is 10.5 Å². The van der Waals surface area contributed by atoms with Crippen LogP contribution in [0.1, 0.15) is 44.2 Å². The predicted molar refractivity (Wildman–Crippen MR) is 73.7 cm³/mol. The van der Waals surface area contributed by atoms with Gasteiger partial charge in [-0.2, -0.15) is 0 Å².